The summed E-state index contributed by atoms with van der Waals surface area (Å²) >= 11 is 9.02. The fourth-order valence-corrected chi connectivity index (χ4v) is 6.40. The zero-order chi connectivity index (χ0) is 22.8. The molecule has 2 atom stereocenters. The molecule has 1 aromatic heterocycles. The van der Waals surface area contributed by atoms with Gasteiger partial charge in [0, 0.05) is 11.5 Å². The molecular formula is C23H22ClN5O2S3. The van der Waals surface area contributed by atoms with Gasteiger partial charge in [0.05, 0.1) is 11.9 Å². The number of carbonyl (C=O) groups is 1. The third-order valence-corrected chi connectivity index (χ3v) is 8.13. The van der Waals surface area contributed by atoms with Crippen LogP contribution in [0, 0.1) is 0 Å². The highest BCUT2D eigenvalue weighted by Crippen LogP contribution is 2.42. The number of benzene rings is 2. The zero-order valence-electron chi connectivity index (χ0n) is 17.9. The van der Waals surface area contributed by atoms with Crippen molar-refractivity contribution < 1.29 is 9.53 Å². The van der Waals surface area contributed by atoms with E-state index < -0.39 is 12.1 Å². The van der Waals surface area contributed by atoms with Crippen LogP contribution in [0.2, 0.25) is 0 Å². The minimum atomic E-state index is -0.517. The molecule has 11 heteroatoms. The van der Waals surface area contributed by atoms with Crippen molar-refractivity contribution in [3.8, 4) is 0 Å². The van der Waals surface area contributed by atoms with Gasteiger partial charge in [-0.05, 0) is 28.9 Å². The maximum atomic E-state index is 12.7. The van der Waals surface area contributed by atoms with Crippen molar-refractivity contribution in [2.24, 2.45) is 5.73 Å². The molecule has 5 rings (SSSR count). The predicted octanol–water partition coefficient (Wildman–Crippen LogP) is 3.95. The Hall–Kier alpha value is -2.37. The number of hydrogen-bond acceptors (Lipinski definition) is 8. The van der Waals surface area contributed by atoms with E-state index >= 15 is 0 Å². The largest absolute Gasteiger partial charge is 0.469 e. The zero-order valence-corrected chi connectivity index (χ0v) is 21.1. The first-order valence-electron chi connectivity index (χ1n) is 10.3. The summed E-state index contributed by atoms with van der Waals surface area (Å²) in [6, 6.07) is 19.4. The first-order chi connectivity index (χ1) is 16.1. The first-order valence-corrected chi connectivity index (χ1v) is 12.8. The number of rotatable bonds is 7. The summed E-state index contributed by atoms with van der Waals surface area (Å²) in [7, 11) is 0. The van der Waals surface area contributed by atoms with Gasteiger partial charge in [0.1, 0.15) is 22.5 Å². The van der Waals surface area contributed by atoms with Crippen LogP contribution in [0.3, 0.4) is 0 Å². The van der Waals surface area contributed by atoms with Crippen LogP contribution < -0.4 is 5.73 Å². The number of nitrogens with two attached hydrogens (primary N) is 1. The minimum Gasteiger partial charge on any atom is -0.469 e. The molecule has 1 amide bonds. The van der Waals surface area contributed by atoms with E-state index in [1.165, 1.54) is 11.8 Å². The summed E-state index contributed by atoms with van der Waals surface area (Å²) in [5.74, 6) is 1.20. The average molecular weight is 532 g/mol. The highest BCUT2D eigenvalue weighted by molar-refractivity contribution is 8.01. The van der Waals surface area contributed by atoms with Crippen LogP contribution in [-0.2, 0) is 9.53 Å². The normalized spacial score (nSPS) is 19.4. The van der Waals surface area contributed by atoms with Crippen molar-refractivity contribution in [1.82, 2.24) is 20.3 Å². The van der Waals surface area contributed by atoms with Crippen LogP contribution in [0.4, 0.5) is 0 Å². The van der Waals surface area contributed by atoms with Gasteiger partial charge in [-0.15, -0.1) is 29.3 Å². The number of aromatic amines is 1. The molecule has 2 aliphatic heterocycles. The number of nitrogens with zero attached hydrogens (tertiary/aromatic N) is 3. The molecule has 176 valence electrons. The summed E-state index contributed by atoms with van der Waals surface area (Å²) in [5.41, 5.74) is 9.73. The fraction of sp³-hybridized carbons (Fsp3) is 0.217. The van der Waals surface area contributed by atoms with Gasteiger partial charge < -0.3 is 10.5 Å². The number of H-pyrrole nitrogens is 1. The number of nitrogens with one attached hydrogen (secondary N) is 1. The summed E-state index contributed by atoms with van der Waals surface area (Å²) in [5, 5.41) is 11.5. The number of β-lactam (4-membered cyclic amide) rings is 1. The van der Waals surface area contributed by atoms with E-state index in [4.69, 9.17) is 22.7 Å². The topological polar surface area (TPSA) is 97.1 Å². The Morgan fingerprint density at radius 3 is 2.44 bits per heavy atom. The number of carbonyl (C=O) groups excluding carboxylic acids is 1. The van der Waals surface area contributed by atoms with Crippen molar-refractivity contribution >= 4 is 59.1 Å². The molecule has 2 aromatic carbocycles. The Labute approximate surface area is 217 Å². The molecule has 3 N–H and O–H groups in total. The second kappa shape index (κ2) is 10.9. The Balaban J connectivity index is 0.00000274. The van der Waals surface area contributed by atoms with E-state index in [1.54, 1.807) is 22.9 Å². The Morgan fingerprint density at radius 1 is 1.21 bits per heavy atom. The quantitative estimate of drug-likeness (QED) is 0.269. The molecule has 1 fully saturated rings. The van der Waals surface area contributed by atoms with E-state index in [0.717, 1.165) is 21.7 Å². The number of aromatic nitrogens is 3. The predicted molar refractivity (Wildman–Crippen MR) is 141 cm³/mol. The highest BCUT2D eigenvalue weighted by atomic mass is 35.5. The van der Waals surface area contributed by atoms with E-state index in [9.17, 15) is 4.79 Å². The molecule has 0 saturated carbocycles. The van der Waals surface area contributed by atoms with E-state index in [-0.39, 0.29) is 23.7 Å². The molecule has 34 heavy (non-hydrogen) atoms. The number of hydrogen-bond donors (Lipinski definition) is 2. The Bertz CT molecular complexity index is 1140. The molecule has 3 heterocycles. The molecule has 0 bridgehead atoms. The number of amides is 1. The SMILES string of the molecule is Cl.N[C@@H]1C(=O)N2C(C(=S)OC(c3ccccc3)c3ccccc3)=C(CSc3cn[nH]n3)CS[C@H]12. The van der Waals surface area contributed by atoms with Gasteiger partial charge in [0.25, 0.3) is 0 Å². The molecule has 3 aromatic rings. The second-order valence-corrected chi connectivity index (χ2v) is 10.1. The smallest absolute Gasteiger partial charge is 0.248 e. The van der Waals surface area contributed by atoms with Crippen molar-refractivity contribution in [3.63, 3.8) is 0 Å². The van der Waals surface area contributed by atoms with Gasteiger partial charge in [0.15, 0.2) is 0 Å². The lowest BCUT2D eigenvalue weighted by Gasteiger charge is -2.49. The molecule has 1 saturated heterocycles. The number of fused-ring (bicyclic) bond motifs is 1. The lowest BCUT2D eigenvalue weighted by molar-refractivity contribution is -0.140. The van der Waals surface area contributed by atoms with Crippen molar-refractivity contribution in [1.29, 1.82) is 0 Å². The third-order valence-electron chi connectivity index (χ3n) is 5.50. The number of thiocarbonyl (C=S) groups is 1. The molecule has 0 radical (unpaired) electrons. The maximum Gasteiger partial charge on any atom is 0.248 e. The summed E-state index contributed by atoms with van der Waals surface area (Å²) < 4.78 is 6.45. The molecule has 7 nitrogen and oxygen atoms in total. The second-order valence-electron chi connectivity index (χ2n) is 7.59. The Kier molecular flexibility index (Phi) is 7.95. The minimum absolute atomic E-state index is 0. The highest BCUT2D eigenvalue weighted by Gasteiger charge is 2.51. The summed E-state index contributed by atoms with van der Waals surface area (Å²) in [6.45, 7) is 0. The van der Waals surface area contributed by atoms with Crippen LogP contribution in [0.15, 0.2) is 83.2 Å². The molecule has 0 aliphatic carbocycles. The number of ether oxygens (including phenoxy) is 1. The van der Waals surface area contributed by atoms with Gasteiger partial charge in [0.2, 0.25) is 11.0 Å². The third kappa shape index (κ3) is 4.87. The average Bonchev–Trinajstić information content (AvgIpc) is 3.39. The van der Waals surface area contributed by atoms with Crippen LogP contribution in [-0.4, -0.2) is 54.2 Å². The van der Waals surface area contributed by atoms with Gasteiger partial charge in [-0.25, -0.2) is 0 Å². The Morgan fingerprint density at radius 2 is 1.85 bits per heavy atom. The van der Waals surface area contributed by atoms with E-state index in [1.807, 2.05) is 60.7 Å². The lowest BCUT2D eigenvalue weighted by Crippen LogP contribution is -2.68. The van der Waals surface area contributed by atoms with E-state index in [2.05, 4.69) is 15.4 Å². The van der Waals surface area contributed by atoms with Crippen LogP contribution in [0.25, 0.3) is 0 Å². The van der Waals surface area contributed by atoms with Crippen molar-refractivity contribution in [2.75, 3.05) is 11.5 Å². The van der Waals surface area contributed by atoms with Gasteiger partial charge in [-0.2, -0.15) is 10.3 Å². The number of halogens is 1. The molecule has 2 aliphatic rings. The summed E-state index contributed by atoms with van der Waals surface area (Å²) in [6.07, 6.45) is 1.28. The molecule has 0 spiro atoms. The fourth-order valence-electron chi connectivity index (χ4n) is 3.85. The monoisotopic (exact) mass is 531 g/mol. The van der Waals surface area contributed by atoms with Crippen LogP contribution >= 0.6 is 48.1 Å². The lowest BCUT2D eigenvalue weighted by atomic mass is 10.0. The van der Waals surface area contributed by atoms with Crippen LogP contribution in [0.5, 0.6) is 0 Å². The van der Waals surface area contributed by atoms with Gasteiger partial charge >= 0.3 is 0 Å². The van der Waals surface area contributed by atoms with Crippen molar-refractivity contribution in [2.45, 2.75) is 22.5 Å². The molecule has 0 unspecified atom stereocenters. The first kappa shape index (κ1) is 24.7. The van der Waals surface area contributed by atoms with Gasteiger partial charge in [-0.1, -0.05) is 72.4 Å². The van der Waals surface area contributed by atoms with Crippen molar-refractivity contribution in [3.05, 3.63) is 89.3 Å². The molecular weight excluding hydrogens is 510 g/mol. The summed E-state index contributed by atoms with van der Waals surface area (Å²) in [4.78, 5) is 14.4. The van der Waals surface area contributed by atoms with E-state index in [0.29, 0.717) is 22.3 Å². The van der Waals surface area contributed by atoms with Gasteiger partial charge in [-0.3, -0.25) is 9.69 Å². The standard InChI is InChI=1S/C23H21N5O2S3.ClH/c24-18-21(29)28-19(16(13-33-22(18)28)12-32-17-11-25-27-26-17)23(31)30-20(14-7-3-1-4-8-14)15-9-5-2-6-10-15;/h1-11,18,20,22H,12-13,24H2,(H,25,26,27);1H/t18-,22-;/m1./s1. The van der Waals surface area contributed by atoms with Crippen LogP contribution in [0.1, 0.15) is 17.2 Å². The number of thioether (sulfide) groups is 2. The maximum absolute atomic E-state index is 12.7.